The van der Waals surface area contributed by atoms with Crippen molar-refractivity contribution >= 4 is 65.8 Å². The lowest BCUT2D eigenvalue weighted by Crippen LogP contribution is -2.43. The molecule has 4 rings (SSSR count). The van der Waals surface area contributed by atoms with Crippen LogP contribution in [0.25, 0.3) is 10.2 Å². The van der Waals surface area contributed by atoms with Gasteiger partial charge in [-0.1, -0.05) is 34.5 Å². The molecular formula is C19H17Cl2N3O3S2. The molecule has 6 nitrogen and oxygen atoms in total. The standard InChI is InChI=1S/C19H17Cl2N3O3S2/c1-11-14(21)8-9-16-17(11)22-19(28-16)23-18(25)15-3-2-10-24(15)29(26,27)13-6-4-12(20)5-7-13/h4-9,15H,2-3,10H2,1H3,(H,22,23,25). The number of nitrogens with one attached hydrogen (secondary N) is 1. The zero-order valence-corrected chi connectivity index (χ0v) is 18.5. The van der Waals surface area contributed by atoms with E-state index in [0.717, 1.165) is 15.8 Å². The predicted octanol–water partition coefficient (Wildman–Crippen LogP) is 4.70. The minimum absolute atomic E-state index is 0.117. The minimum Gasteiger partial charge on any atom is -0.301 e. The van der Waals surface area contributed by atoms with E-state index in [9.17, 15) is 13.2 Å². The second-order valence-electron chi connectivity index (χ2n) is 6.76. The number of benzene rings is 2. The third-order valence-corrected chi connectivity index (χ3v) is 8.42. The van der Waals surface area contributed by atoms with Gasteiger partial charge in [-0.15, -0.1) is 0 Å². The summed E-state index contributed by atoms with van der Waals surface area (Å²) in [6.07, 6.45) is 1.06. The highest BCUT2D eigenvalue weighted by atomic mass is 35.5. The first-order valence-corrected chi connectivity index (χ1v) is 11.9. The van der Waals surface area contributed by atoms with E-state index in [1.54, 1.807) is 6.07 Å². The average Bonchev–Trinajstić information content (AvgIpc) is 3.33. The number of aromatic nitrogens is 1. The van der Waals surface area contributed by atoms with Gasteiger partial charge in [0.25, 0.3) is 0 Å². The molecule has 152 valence electrons. The number of carbonyl (C=O) groups excluding carboxylic acids is 1. The number of hydrogen-bond donors (Lipinski definition) is 1. The van der Waals surface area contributed by atoms with E-state index in [-0.39, 0.29) is 17.3 Å². The number of amides is 1. The molecule has 3 aromatic rings. The number of rotatable bonds is 4. The van der Waals surface area contributed by atoms with Gasteiger partial charge in [0.2, 0.25) is 15.9 Å². The smallest absolute Gasteiger partial charge is 0.244 e. The number of halogens is 2. The maximum atomic E-state index is 13.0. The Balaban J connectivity index is 1.58. The molecule has 0 bridgehead atoms. The van der Waals surface area contributed by atoms with Crippen molar-refractivity contribution in [3.8, 4) is 0 Å². The lowest BCUT2D eigenvalue weighted by molar-refractivity contribution is -0.119. The van der Waals surface area contributed by atoms with Gasteiger partial charge in [0.15, 0.2) is 5.13 Å². The van der Waals surface area contributed by atoms with Gasteiger partial charge in [-0.05, 0) is 61.7 Å². The van der Waals surface area contributed by atoms with Crippen LogP contribution < -0.4 is 5.32 Å². The molecule has 0 spiro atoms. The summed E-state index contributed by atoms with van der Waals surface area (Å²) in [4.78, 5) is 17.5. The number of aryl methyl sites for hydroxylation is 1. The highest BCUT2D eigenvalue weighted by Crippen LogP contribution is 2.33. The van der Waals surface area contributed by atoms with Gasteiger partial charge in [-0.3, -0.25) is 4.79 Å². The Kier molecular flexibility index (Phi) is 5.56. The summed E-state index contributed by atoms with van der Waals surface area (Å²) in [7, 11) is -3.80. The Morgan fingerprint density at radius 1 is 1.21 bits per heavy atom. The third kappa shape index (κ3) is 3.87. The van der Waals surface area contributed by atoms with Crippen LogP contribution in [-0.4, -0.2) is 36.2 Å². The highest BCUT2D eigenvalue weighted by Gasteiger charge is 2.39. The van der Waals surface area contributed by atoms with Gasteiger partial charge >= 0.3 is 0 Å². The fraction of sp³-hybridized carbons (Fsp3) is 0.263. The maximum absolute atomic E-state index is 13.0. The van der Waals surface area contributed by atoms with Gasteiger partial charge in [0.05, 0.1) is 15.1 Å². The molecule has 2 heterocycles. The van der Waals surface area contributed by atoms with Crippen molar-refractivity contribution in [3.05, 3.63) is 52.0 Å². The zero-order chi connectivity index (χ0) is 20.8. The third-order valence-electron chi connectivity index (χ3n) is 4.90. The Bertz CT molecular complexity index is 1190. The van der Waals surface area contributed by atoms with Crippen LogP contribution in [0.2, 0.25) is 10.0 Å². The van der Waals surface area contributed by atoms with Crippen LogP contribution in [0.1, 0.15) is 18.4 Å². The topological polar surface area (TPSA) is 79.4 Å². The van der Waals surface area contributed by atoms with Crippen molar-refractivity contribution in [3.63, 3.8) is 0 Å². The van der Waals surface area contributed by atoms with Crippen LogP contribution in [0.15, 0.2) is 41.3 Å². The maximum Gasteiger partial charge on any atom is 0.244 e. The Morgan fingerprint density at radius 2 is 1.93 bits per heavy atom. The number of hydrogen-bond acceptors (Lipinski definition) is 5. The van der Waals surface area contributed by atoms with Crippen molar-refractivity contribution in [1.82, 2.24) is 9.29 Å². The molecule has 1 saturated heterocycles. The number of sulfonamides is 1. The molecular weight excluding hydrogens is 453 g/mol. The SMILES string of the molecule is Cc1c(Cl)ccc2sc(NC(=O)C3CCCN3S(=O)(=O)c3ccc(Cl)cc3)nc12. The number of anilines is 1. The Morgan fingerprint density at radius 3 is 2.66 bits per heavy atom. The molecule has 0 saturated carbocycles. The summed E-state index contributed by atoms with van der Waals surface area (Å²) in [5, 5.41) is 4.26. The van der Waals surface area contributed by atoms with Gasteiger partial charge in [-0.2, -0.15) is 4.31 Å². The van der Waals surface area contributed by atoms with Crippen LogP contribution >= 0.6 is 34.5 Å². The lowest BCUT2D eigenvalue weighted by Gasteiger charge is -2.23. The first kappa shape index (κ1) is 20.6. The molecule has 1 fully saturated rings. The monoisotopic (exact) mass is 469 g/mol. The van der Waals surface area contributed by atoms with E-state index in [1.165, 1.54) is 39.9 Å². The quantitative estimate of drug-likeness (QED) is 0.600. The molecule has 0 radical (unpaired) electrons. The number of thiazole rings is 1. The van der Waals surface area contributed by atoms with Crippen molar-refractivity contribution < 1.29 is 13.2 Å². The van der Waals surface area contributed by atoms with E-state index in [4.69, 9.17) is 23.2 Å². The van der Waals surface area contributed by atoms with Crippen LogP contribution in [0.4, 0.5) is 5.13 Å². The van der Waals surface area contributed by atoms with E-state index in [1.807, 2.05) is 13.0 Å². The molecule has 29 heavy (non-hydrogen) atoms. The summed E-state index contributed by atoms with van der Waals surface area (Å²) in [5.41, 5.74) is 1.57. The second kappa shape index (κ2) is 7.85. The van der Waals surface area contributed by atoms with Crippen molar-refractivity contribution in [2.45, 2.75) is 30.7 Å². The van der Waals surface area contributed by atoms with E-state index < -0.39 is 16.1 Å². The van der Waals surface area contributed by atoms with Crippen molar-refractivity contribution in [1.29, 1.82) is 0 Å². The van der Waals surface area contributed by atoms with Crippen molar-refractivity contribution in [2.75, 3.05) is 11.9 Å². The average molecular weight is 470 g/mol. The normalized spacial score (nSPS) is 17.7. The summed E-state index contributed by atoms with van der Waals surface area (Å²) in [5.74, 6) is -0.386. The molecule has 0 aliphatic carbocycles. The molecule has 1 unspecified atom stereocenters. The summed E-state index contributed by atoms with van der Waals surface area (Å²) >= 11 is 13.3. The van der Waals surface area contributed by atoms with E-state index >= 15 is 0 Å². The lowest BCUT2D eigenvalue weighted by atomic mass is 10.2. The molecule has 10 heteroatoms. The van der Waals surface area contributed by atoms with Crippen LogP contribution in [-0.2, 0) is 14.8 Å². The van der Waals surface area contributed by atoms with E-state index in [0.29, 0.717) is 28.0 Å². The molecule has 1 aliphatic heterocycles. The van der Waals surface area contributed by atoms with Gasteiger partial charge < -0.3 is 5.32 Å². The van der Waals surface area contributed by atoms with Crippen LogP contribution in [0, 0.1) is 6.92 Å². The second-order valence-corrected chi connectivity index (χ2v) is 10.5. The molecule has 1 aliphatic rings. The molecule has 1 N–H and O–H groups in total. The Labute approximate surface area is 182 Å². The van der Waals surface area contributed by atoms with Gasteiger partial charge in [0.1, 0.15) is 6.04 Å². The fourth-order valence-corrected chi connectivity index (χ4v) is 6.24. The van der Waals surface area contributed by atoms with E-state index in [2.05, 4.69) is 10.3 Å². The number of carbonyl (C=O) groups is 1. The number of fused-ring (bicyclic) bond motifs is 1. The fourth-order valence-electron chi connectivity index (χ4n) is 3.37. The van der Waals surface area contributed by atoms with Gasteiger partial charge in [0, 0.05) is 16.6 Å². The highest BCUT2D eigenvalue weighted by molar-refractivity contribution is 7.89. The molecule has 1 atom stereocenters. The molecule has 2 aromatic carbocycles. The predicted molar refractivity (Wildman–Crippen MR) is 116 cm³/mol. The van der Waals surface area contributed by atoms with Gasteiger partial charge in [-0.25, -0.2) is 13.4 Å². The number of nitrogens with zero attached hydrogens (tertiary/aromatic N) is 2. The van der Waals surface area contributed by atoms with Crippen LogP contribution in [0.5, 0.6) is 0 Å². The first-order valence-electron chi connectivity index (χ1n) is 8.91. The Hall–Kier alpha value is -1.71. The molecule has 1 aromatic heterocycles. The molecule has 1 amide bonds. The summed E-state index contributed by atoms with van der Waals surface area (Å²) < 4.78 is 28.2. The summed E-state index contributed by atoms with van der Waals surface area (Å²) in [6.45, 7) is 2.16. The zero-order valence-electron chi connectivity index (χ0n) is 15.4. The first-order chi connectivity index (χ1) is 13.8. The summed E-state index contributed by atoms with van der Waals surface area (Å²) in [6, 6.07) is 8.80. The minimum atomic E-state index is -3.80. The van der Waals surface area contributed by atoms with Crippen molar-refractivity contribution in [2.24, 2.45) is 0 Å². The largest absolute Gasteiger partial charge is 0.301 e. The van der Waals surface area contributed by atoms with Crippen LogP contribution in [0.3, 0.4) is 0 Å².